The van der Waals surface area contributed by atoms with E-state index >= 15 is 0 Å². The van der Waals surface area contributed by atoms with E-state index in [-0.39, 0.29) is 0 Å². The molecule has 62 valence electrons. The molecule has 2 nitrogen and oxygen atoms in total. The molecule has 2 heteroatoms. The third-order valence-corrected chi connectivity index (χ3v) is 1.97. The maximum absolute atomic E-state index is 5.78. The highest BCUT2D eigenvalue weighted by molar-refractivity contribution is 4.72. The molecule has 0 amide bonds. The van der Waals surface area contributed by atoms with Gasteiger partial charge >= 0.3 is 0 Å². The van der Waals surface area contributed by atoms with Crippen molar-refractivity contribution in [3.05, 3.63) is 0 Å². The van der Waals surface area contributed by atoms with E-state index in [0.29, 0.717) is 17.9 Å². The molecule has 0 spiro atoms. The fourth-order valence-corrected chi connectivity index (χ4v) is 1.26. The molecule has 0 saturated heterocycles. The lowest BCUT2D eigenvalue weighted by Gasteiger charge is -2.23. The Hall–Kier alpha value is -0.0800. The minimum atomic E-state index is 0.299. The number of rotatable bonds is 4. The molecule has 0 rings (SSSR count). The molecule has 0 aliphatic rings. The summed E-state index contributed by atoms with van der Waals surface area (Å²) in [6.07, 6.45) is 0. The van der Waals surface area contributed by atoms with Crippen molar-refractivity contribution in [2.45, 2.75) is 26.8 Å². The molecule has 0 heterocycles. The second-order valence-corrected chi connectivity index (χ2v) is 3.32. The molecule has 0 aliphatic heterocycles. The first-order chi connectivity index (χ1) is 4.59. The third kappa shape index (κ3) is 3.18. The van der Waals surface area contributed by atoms with Gasteiger partial charge < -0.3 is 11.1 Å². The van der Waals surface area contributed by atoms with E-state index in [1.807, 2.05) is 7.05 Å². The van der Waals surface area contributed by atoms with Crippen molar-refractivity contribution in [1.29, 1.82) is 0 Å². The van der Waals surface area contributed by atoms with Crippen molar-refractivity contribution in [2.24, 2.45) is 17.6 Å². The van der Waals surface area contributed by atoms with Gasteiger partial charge in [0.15, 0.2) is 0 Å². The van der Waals surface area contributed by atoms with Crippen LogP contribution in [-0.4, -0.2) is 19.6 Å². The Morgan fingerprint density at radius 3 is 1.90 bits per heavy atom. The Balaban J connectivity index is 3.73. The van der Waals surface area contributed by atoms with Crippen molar-refractivity contribution in [3.63, 3.8) is 0 Å². The lowest BCUT2D eigenvalue weighted by atomic mass is 9.90. The molecule has 2 atom stereocenters. The molecule has 0 saturated carbocycles. The number of hydrogen-bond donors (Lipinski definition) is 2. The summed E-state index contributed by atoms with van der Waals surface area (Å²) >= 11 is 0. The highest BCUT2D eigenvalue weighted by atomic mass is 14.8. The van der Waals surface area contributed by atoms with E-state index in [1.165, 1.54) is 0 Å². The molecule has 0 bridgehead atoms. The van der Waals surface area contributed by atoms with Crippen LogP contribution >= 0.6 is 0 Å². The van der Waals surface area contributed by atoms with Crippen LogP contribution in [0.25, 0.3) is 0 Å². The summed E-state index contributed by atoms with van der Waals surface area (Å²) in [5.41, 5.74) is 5.78. The maximum atomic E-state index is 5.78. The Kier molecular flexibility index (Phi) is 4.65. The van der Waals surface area contributed by atoms with Crippen LogP contribution in [-0.2, 0) is 0 Å². The fraction of sp³-hybridized carbons (Fsp3) is 1.00. The Labute approximate surface area is 64.2 Å². The van der Waals surface area contributed by atoms with E-state index in [9.17, 15) is 0 Å². The van der Waals surface area contributed by atoms with Gasteiger partial charge in [0.1, 0.15) is 0 Å². The molecule has 10 heavy (non-hydrogen) atoms. The highest BCUT2D eigenvalue weighted by Gasteiger charge is 2.15. The summed E-state index contributed by atoms with van der Waals surface area (Å²) in [4.78, 5) is 0. The number of hydrogen-bond acceptors (Lipinski definition) is 2. The fourth-order valence-electron chi connectivity index (χ4n) is 1.26. The molecule has 0 aromatic heterocycles. The lowest BCUT2D eigenvalue weighted by molar-refractivity contribution is 0.324. The molecule has 0 aromatic rings. The highest BCUT2D eigenvalue weighted by Crippen LogP contribution is 2.12. The smallest absolute Gasteiger partial charge is 0.00533 e. The zero-order valence-corrected chi connectivity index (χ0v) is 7.52. The van der Waals surface area contributed by atoms with Crippen LogP contribution in [0.2, 0.25) is 0 Å². The molecule has 3 N–H and O–H groups in total. The van der Waals surface area contributed by atoms with Crippen LogP contribution in [0.3, 0.4) is 0 Å². The van der Waals surface area contributed by atoms with Crippen LogP contribution in [0.15, 0.2) is 0 Å². The monoisotopic (exact) mass is 144 g/mol. The predicted octanol–water partition coefficient (Wildman–Crippen LogP) is 0.825. The largest absolute Gasteiger partial charge is 0.328 e. The Morgan fingerprint density at radius 2 is 1.80 bits per heavy atom. The molecule has 2 unspecified atom stereocenters. The zero-order chi connectivity index (χ0) is 8.15. The number of nitrogens with two attached hydrogens (primary N) is 1. The second kappa shape index (κ2) is 4.69. The van der Waals surface area contributed by atoms with Gasteiger partial charge in [-0.3, -0.25) is 0 Å². The Morgan fingerprint density at radius 1 is 1.30 bits per heavy atom. The van der Waals surface area contributed by atoms with Gasteiger partial charge in [0, 0.05) is 6.04 Å². The molecule has 0 aromatic carbocycles. The topological polar surface area (TPSA) is 38.0 Å². The van der Waals surface area contributed by atoms with Crippen molar-refractivity contribution >= 4 is 0 Å². The van der Waals surface area contributed by atoms with Crippen LogP contribution in [0, 0.1) is 11.8 Å². The predicted molar refractivity (Wildman–Crippen MR) is 45.9 cm³/mol. The van der Waals surface area contributed by atoms with E-state index in [4.69, 9.17) is 5.73 Å². The lowest BCUT2D eigenvalue weighted by Crippen LogP contribution is -2.37. The SMILES string of the molecule is CNCC(C(C)C)C(C)N. The van der Waals surface area contributed by atoms with Crippen molar-refractivity contribution in [3.8, 4) is 0 Å². The summed E-state index contributed by atoms with van der Waals surface area (Å²) in [6, 6.07) is 0.299. The van der Waals surface area contributed by atoms with Crippen LogP contribution in [0.4, 0.5) is 0 Å². The van der Waals surface area contributed by atoms with E-state index in [2.05, 4.69) is 26.1 Å². The van der Waals surface area contributed by atoms with Gasteiger partial charge in [0.25, 0.3) is 0 Å². The summed E-state index contributed by atoms with van der Waals surface area (Å²) < 4.78 is 0. The minimum absolute atomic E-state index is 0.299. The van der Waals surface area contributed by atoms with Crippen LogP contribution in [0.5, 0.6) is 0 Å². The summed E-state index contributed by atoms with van der Waals surface area (Å²) in [5, 5.41) is 3.15. The number of nitrogens with one attached hydrogen (secondary N) is 1. The molecule has 0 radical (unpaired) electrons. The quantitative estimate of drug-likeness (QED) is 0.613. The standard InChI is InChI=1S/C8H20N2/c1-6(2)8(5-10-4)7(3)9/h6-8,10H,5,9H2,1-4H3. The van der Waals surface area contributed by atoms with Crippen molar-refractivity contribution < 1.29 is 0 Å². The first-order valence-electron chi connectivity index (χ1n) is 3.99. The summed E-state index contributed by atoms with van der Waals surface area (Å²) in [7, 11) is 1.97. The van der Waals surface area contributed by atoms with E-state index in [0.717, 1.165) is 6.54 Å². The van der Waals surface area contributed by atoms with Gasteiger partial charge in [0.2, 0.25) is 0 Å². The minimum Gasteiger partial charge on any atom is -0.328 e. The molecule has 0 aliphatic carbocycles. The first-order valence-corrected chi connectivity index (χ1v) is 3.99. The Bertz CT molecular complexity index is 71.3. The normalized spacial score (nSPS) is 17.4. The van der Waals surface area contributed by atoms with Crippen LogP contribution < -0.4 is 11.1 Å². The summed E-state index contributed by atoms with van der Waals surface area (Å²) in [6.45, 7) is 7.52. The van der Waals surface area contributed by atoms with Crippen molar-refractivity contribution in [1.82, 2.24) is 5.32 Å². The average Bonchev–Trinajstić information content (AvgIpc) is 1.81. The van der Waals surface area contributed by atoms with Gasteiger partial charge in [-0.15, -0.1) is 0 Å². The van der Waals surface area contributed by atoms with Gasteiger partial charge in [-0.05, 0) is 32.4 Å². The van der Waals surface area contributed by atoms with E-state index < -0.39 is 0 Å². The first kappa shape index (κ1) is 9.92. The third-order valence-electron chi connectivity index (χ3n) is 1.97. The van der Waals surface area contributed by atoms with Gasteiger partial charge in [-0.1, -0.05) is 13.8 Å². The maximum Gasteiger partial charge on any atom is 0.00533 e. The average molecular weight is 144 g/mol. The van der Waals surface area contributed by atoms with Crippen LogP contribution in [0.1, 0.15) is 20.8 Å². The molecular formula is C8H20N2. The summed E-state index contributed by atoms with van der Waals surface area (Å²) in [5.74, 6) is 1.28. The van der Waals surface area contributed by atoms with E-state index in [1.54, 1.807) is 0 Å². The molecular weight excluding hydrogens is 124 g/mol. The van der Waals surface area contributed by atoms with Crippen molar-refractivity contribution in [2.75, 3.05) is 13.6 Å². The van der Waals surface area contributed by atoms with Gasteiger partial charge in [-0.25, -0.2) is 0 Å². The van der Waals surface area contributed by atoms with Gasteiger partial charge in [-0.2, -0.15) is 0 Å². The second-order valence-electron chi connectivity index (χ2n) is 3.32. The molecule has 0 fully saturated rings. The van der Waals surface area contributed by atoms with Gasteiger partial charge in [0.05, 0.1) is 0 Å². The zero-order valence-electron chi connectivity index (χ0n) is 7.52.